The zero-order chi connectivity index (χ0) is 12.2. The van der Waals surface area contributed by atoms with E-state index in [1.54, 1.807) is 6.07 Å². The van der Waals surface area contributed by atoms with Gasteiger partial charge in [0.1, 0.15) is 6.29 Å². The van der Waals surface area contributed by atoms with Crippen molar-refractivity contribution in [1.82, 2.24) is 0 Å². The molecule has 0 aliphatic rings. The average molecular weight is 214 g/mol. The van der Waals surface area contributed by atoms with E-state index in [9.17, 15) is 4.79 Å². The van der Waals surface area contributed by atoms with Crippen molar-refractivity contribution in [1.29, 1.82) is 0 Å². The van der Waals surface area contributed by atoms with E-state index in [1.807, 2.05) is 12.1 Å². The van der Waals surface area contributed by atoms with E-state index in [1.165, 1.54) is 0 Å². The van der Waals surface area contributed by atoms with Gasteiger partial charge in [0.2, 0.25) is 0 Å². The zero-order valence-electron chi connectivity index (χ0n) is 10.2. The number of rotatable bonds is 4. The number of terminal acetylenes is 1. The lowest BCUT2D eigenvalue weighted by Gasteiger charge is -2.26. The lowest BCUT2D eigenvalue weighted by atomic mass is 9.78. The molecule has 1 heteroatoms. The Morgan fingerprint density at radius 2 is 2.12 bits per heavy atom. The van der Waals surface area contributed by atoms with Gasteiger partial charge < -0.3 is 0 Å². The third-order valence-corrected chi connectivity index (χ3v) is 2.95. The van der Waals surface area contributed by atoms with Crippen molar-refractivity contribution in [3.63, 3.8) is 0 Å². The first-order valence-electron chi connectivity index (χ1n) is 5.61. The highest BCUT2D eigenvalue weighted by molar-refractivity contribution is 5.79. The van der Waals surface area contributed by atoms with E-state index in [-0.39, 0.29) is 5.41 Å². The highest BCUT2D eigenvalue weighted by atomic mass is 16.1. The highest BCUT2D eigenvalue weighted by Gasteiger charge is 2.22. The third-order valence-electron chi connectivity index (χ3n) is 2.95. The molecule has 0 amide bonds. The lowest BCUT2D eigenvalue weighted by molar-refractivity contribution is 0.112. The van der Waals surface area contributed by atoms with Gasteiger partial charge in [-0.3, -0.25) is 4.79 Å². The smallest absolute Gasteiger partial charge is 0.150 e. The molecule has 0 saturated carbocycles. The molecule has 1 aromatic carbocycles. The Morgan fingerprint density at radius 1 is 1.44 bits per heavy atom. The molecule has 1 aromatic rings. The van der Waals surface area contributed by atoms with Crippen molar-refractivity contribution in [2.24, 2.45) is 0 Å². The molecule has 0 spiro atoms. The van der Waals surface area contributed by atoms with Gasteiger partial charge in [0.25, 0.3) is 0 Å². The maximum atomic E-state index is 11.1. The standard InChI is InChI=1S/C15H18O/c1-5-9-15(3,4)14-8-7-12(6-2)10-13(14)11-16/h2,7-8,10-11H,5,9H2,1,3-4H3. The highest BCUT2D eigenvalue weighted by Crippen LogP contribution is 2.30. The Kier molecular flexibility index (Phi) is 3.90. The van der Waals surface area contributed by atoms with Gasteiger partial charge in [-0.2, -0.15) is 0 Å². The molecule has 1 nitrogen and oxygen atoms in total. The molecule has 0 radical (unpaired) electrons. The van der Waals surface area contributed by atoms with Gasteiger partial charge in [0.05, 0.1) is 0 Å². The second kappa shape index (κ2) is 4.99. The van der Waals surface area contributed by atoms with E-state index in [0.717, 1.165) is 30.3 Å². The van der Waals surface area contributed by atoms with Crippen LogP contribution in [0.1, 0.15) is 55.1 Å². The van der Waals surface area contributed by atoms with Gasteiger partial charge in [0.15, 0.2) is 0 Å². The van der Waals surface area contributed by atoms with Crippen LogP contribution in [-0.4, -0.2) is 6.29 Å². The van der Waals surface area contributed by atoms with Gasteiger partial charge in [-0.25, -0.2) is 0 Å². The summed E-state index contributed by atoms with van der Waals surface area (Å²) in [5, 5.41) is 0. The molecule has 0 fully saturated rings. The van der Waals surface area contributed by atoms with Crippen LogP contribution in [0, 0.1) is 12.3 Å². The number of carbonyl (C=O) groups is 1. The van der Waals surface area contributed by atoms with Crippen LogP contribution in [0.5, 0.6) is 0 Å². The molecule has 0 atom stereocenters. The topological polar surface area (TPSA) is 17.1 Å². The second-order valence-corrected chi connectivity index (χ2v) is 4.70. The van der Waals surface area contributed by atoms with Crippen LogP contribution >= 0.6 is 0 Å². The molecule has 1 rings (SSSR count). The van der Waals surface area contributed by atoms with Crippen LogP contribution < -0.4 is 0 Å². The summed E-state index contributed by atoms with van der Waals surface area (Å²) in [5.74, 6) is 2.55. The minimum Gasteiger partial charge on any atom is -0.298 e. The molecule has 0 saturated heterocycles. The maximum absolute atomic E-state index is 11.1. The summed E-state index contributed by atoms with van der Waals surface area (Å²) in [6.07, 6.45) is 8.38. The van der Waals surface area contributed by atoms with Crippen LogP contribution in [0.4, 0.5) is 0 Å². The Morgan fingerprint density at radius 3 is 2.62 bits per heavy atom. The van der Waals surface area contributed by atoms with E-state index >= 15 is 0 Å². The predicted molar refractivity (Wildman–Crippen MR) is 67.7 cm³/mol. The van der Waals surface area contributed by atoms with E-state index < -0.39 is 0 Å². The van der Waals surface area contributed by atoms with Crippen LogP contribution in [-0.2, 0) is 5.41 Å². The number of carbonyl (C=O) groups excluding carboxylic acids is 1. The molecule has 0 bridgehead atoms. The van der Waals surface area contributed by atoms with E-state index in [2.05, 4.69) is 26.7 Å². The number of aldehydes is 1. The van der Waals surface area contributed by atoms with Crippen molar-refractivity contribution >= 4 is 6.29 Å². The molecule has 16 heavy (non-hydrogen) atoms. The van der Waals surface area contributed by atoms with Crippen molar-refractivity contribution < 1.29 is 4.79 Å². The SMILES string of the molecule is C#Cc1ccc(C(C)(C)CCC)c(C=O)c1. The molecule has 0 heterocycles. The molecule has 0 N–H and O–H groups in total. The summed E-state index contributed by atoms with van der Waals surface area (Å²) in [6, 6.07) is 5.67. The Balaban J connectivity index is 3.24. The quantitative estimate of drug-likeness (QED) is 0.553. The van der Waals surface area contributed by atoms with Crippen molar-refractivity contribution in [2.45, 2.75) is 39.0 Å². The summed E-state index contributed by atoms with van der Waals surface area (Å²) in [4.78, 5) is 11.1. The molecule has 84 valence electrons. The van der Waals surface area contributed by atoms with Crippen molar-refractivity contribution in [3.8, 4) is 12.3 Å². The minimum atomic E-state index is 0.0259. The normalized spacial score (nSPS) is 10.9. The fraction of sp³-hybridized carbons (Fsp3) is 0.400. The van der Waals surface area contributed by atoms with Gasteiger partial charge >= 0.3 is 0 Å². The molecular formula is C15H18O. The van der Waals surface area contributed by atoms with Gasteiger partial charge in [-0.05, 0) is 29.5 Å². The van der Waals surface area contributed by atoms with E-state index in [0.29, 0.717) is 5.56 Å². The molecular weight excluding hydrogens is 196 g/mol. The molecule has 0 aliphatic heterocycles. The van der Waals surface area contributed by atoms with Crippen molar-refractivity contribution in [2.75, 3.05) is 0 Å². The average Bonchev–Trinajstić information content (AvgIpc) is 2.28. The predicted octanol–water partition coefficient (Wildman–Crippen LogP) is 3.56. The maximum Gasteiger partial charge on any atom is 0.150 e. The number of benzene rings is 1. The first-order chi connectivity index (χ1) is 7.55. The monoisotopic (exact) mass is 214 g/mol. The molecule has 0 aliphatic carbocycles. The summed E-state index contributed by atoms with van der Waals surface area (Å²) in [7, 11) is 0. The zero-order valence-corrected chi connectivity index (χ0v) is 10.2. The largest absolute Gasteiger partial charge is 0.298 e. The van der Waals surface area contributed by atoms with E-state index in [4.69, 9.17) is 6.42 Å². The van der Waals surface area contributed by atoms with Crippen LogP contribution in [0.15, 0.2) is 18.2 Å². The van der Waals surface area contributed by atoms with Gasteiger partial charge in [0, 0.05) is 11.1 Å². The Bertz CT molecular complexity index is 422. The lowest BCUT2D eigenvalue weighted by Crippen LogP contribution is -2.19. The van der Waals surface area contributed by atoms with Gasteiger partial charge in [-0.15, -0.1) is 6.42 Å². The van der Waals surface area contributed by atoms with Crippen LogP contribution in [0.3, 0.4) is 0 Å². The minimum absolute atomic E-state index is 0.0259. The van der Waals surface area contributed by atoms with Crippen LogP contribution in [0.25, 0.3) is 0 Å². The Labute approximate surface area is 97.9 Å². The third kappa shape index (κ3) is 2.52. The Hall–Kier alpha value is -1.55. The number of hydrogen-bond donors (Lipinski definition) is 0. The first kappa shape index (κ1) is 12.5. The molecule has 0 unspecified atom stereocenters. The summed E-state index contributed by atoms with van der Waals surface area (Å²) in [6.45, 7) is 6.47. The summed E-state index contributed by atoms with van der Waals surface area (Å²) < 4.78 is 0. The van der Waals surface area contributed by atoms with Gasteiger partial charge in [-0.1, -0.05) is 39.2 Å². The summed E-state index contributed by atoms with van der Waals surface area (Å²) in [5.41, 5.74) is 2.59. The summed E-state index contributed by atoms with van der Waals surface area (Å²) >= 11 is 0. The number of hydrogen-bond acceptors (Lipinski definition) is 1. The van der Waals surface area contributed by atoms with Crippen molar-refractivity contribution in [3.05, 3.63) is 34.9 Å². The first-order valence-corrected chi connectivity index (χ1v) is 5.61. The fourth-order valence-corrected chi connectivity index (χ4v) is 2.13. The van der Waals surface area contributed by atoms with Crippen LogP contribution in [0.2, 0.25) is 0 Å². The second-order valence-electron chi connectivity index (χ2n) is 4.70. The molecule has 0 aromatic heterocycles. The fourth-order valence-electron chi connectivity index (χ4n) is 2.13.